The molecule has 0 radical (unpaired) electrons. The number of halogens is 1. The van der Waals surface area contributed by atoms with Crippen LogP contribution in [0.5, 0.6) is 0 Å². The van der Waals surface area contributed by atoms with E-state index < -0.39 is 0 Å². The van der Waals surface area contributed by atoms with E-state index in [0.717, 1.165) is 35.2 Å². The van der Waals surface area contributed by atoms with Gasteiger partial charge in [-0.05, 0) is 53.6 Å². The summed E-state index contributed by atoms with van der Waals surface area (Å²) in [6.07, 6.45) is 3.71. The summed E-state index contributed by atoms with van der Waals surface area (Å²) in [7, 11) is 0. The smallest absolute Gasteiger partial charge is 0.228 e. The lowest BCUT2D eigenvalue weighted by atomic mass is 9.82. The molecule has 1 aliphatic carbocycles. The van der Waals surface area contributed by atoms with Crippen molar-refractivity contribution in [2.45, 2.75) is 25.7 Å². The van der Waals surface area contributed by atoms with Gasteiger partial charge >= 0.3 is 0 Å². The first-order valence-electron chi connectivity index (χ1n) is 5.85. The minimum Gasteiger partial charge on any atom is -0.396 e. The first kappa shape index (κ1) is 13.1. The highest BCUT2D eigenvalue weighted by molar-refractivity contribution is 9.10. The maximum Gasteiger partial charge on any atom is 0.228 e. The van der Waals surface area contributed by atoms with Gasteiger partial charge < -0.3 is 10.4 Å². The number of anilines is 1. The number of carbonyl (C=O) groups excluding carboxylic acids is 1. The summed E-state index contributed by atoms with van der Waals surface area (Å²) in [4.78, 5) is 12.0. The Hall–Kier alpha value is -0.390. The van der Waals surface area contributed by atoms with E-state index in [0.29, 0.717) is 5.92 Å². The largest absolute Gasteiger partial charge is 0.396 e. The molecule has 0 aliphatic heterocycles. The van der Waals surface area contributed by atoms with Crippen LogP contribution in [-0.4, -0.2) is 17.6 Å². The number of amides is 1. The summed E-state index contributed by atoms with van der Waals surface area (Å²) in [6.45, 7) is 0.256. The fourth-order valence-electron chi connectivity index (χ4n) is 2.21. The first-order chi connectivity index (χ1) is 8.19. The molecule has 1 saturated carbocycles. The molecule has 1 aliphatic rings. The van der Waals surface area contributed by atoms with Crippen LogP contribution in [0.3, 0.4) is 0 Å². The fourth-order valence-corrected chi connectivity index (χ4v) is 3.53. The Kier molecular flexibility index (Phi) is 4.59. The van der Waals surface area contributed by atoms with E-state index in [1.54, 1.807) is 0 Å². The lowest BCUT2D eigenvalue weighted by molar-refractivity contribution is -0.121. The van der Waals surface area contributed by atoms with Crippen molar-refractivity contribution in [1.29, 1.82) is 0 Å². The van der Waals surface area contributed by atoms with Gasteiger partial charge in [0.1, 0.15) is 0 Å². The van der Waals surface area contributed by atoms with Crippen LogP contribution < -0.4 is 5.32 Å². The lowest BCUT2D eigenvalue weighted by Gasteiger charge is -2.26. The molecule has 1 fully saturated rings. The topological polar surface area (TPSA) is 49.3 Å². The molecule has 5 heteroatoms. The average Bonchev–Trinajstić information content (AvgIpc) is 2.75. The highest BCUT2D eigenvalue weighted by Crippen LogP contribution is 2.30. The zero-order chi connectivity index (χ0) is 12.3. The fraction of sp³-hybridized carbons (Fsp3) is 0.583. The van der Waals surface area contributed by atoms with Crippen LogP contribution in [-0.2, 0) is 4.79 Å². The summed E-state index contributed by atoms with van der Waals surface area (Å²) in [5, 5.41) is 14.9. The van der Waals surface area contributed by atoms with Crippen LogP contribution in [0.4, 0.5) is 5.00 Å². The Balaban J connectivity index is 1.85. The molecule has 0 spiro atoms. The Bertz CT molecular complexity index is 386. The van der Waals surface area contributed by atoms with Crippen LogP contribution in [0.25, 0.3) is 0 Å². The van der Waals surface area contributed by atoms with E-state index in [2.05, 4.69) is 21.2 Å². The first-order valence-corrected chi connectivity index (χ1v) is 7.52. The van der Waals surface area contributed by atoms with Crippen LogP contribution in [0, 0.1) is 11.8 Å². The van der Waals surface area contributed by atoms with Crippen LogP contribution in [0.2, 0.25) is 0 Å². The van der Waals surface area contributed by atoms with Gasteiger partial charge in [-0.2, -0.15) is 0 Å². The number of hydrogen-bond donors (Lipinski definition) is 2. The van der Waals surface area contributed by atoms with Gasteiger partial charge in [0.05, 0.1) is 5.00 Å². The van der Waals surface area contributed by atoms with E-state index in [9.17, 15) is 4.79 Å². The van der Waals surface area contributed by atoms with Crippen molar-refractivity contribution in [1.82, 2.24) is 0 Å². The van der Waals surface area contributed by atoms with Crippen molar-refractivity contribution >= 4 is 38.2 Å². The highest BCUT2D eigenvalue weighted by atomic mass is 79.9. The second kappa shape index (κ2) is 5.98. The molecule has 1 aromatic heterocycles. The molecule has 0 saturated heterocycles. The number of aliphatic hydroxyl groups is 1. The van der Waals surface area contributed by atoms with Crippen molar-refractivity contribution in [2.24, 2.45) is 11.8 Å². The zero-order valence-electron chi connectivity index (χ0n) is 9.49. The summed E-state index contributed by atoms with van der Waals surface area (Å²) in [5.74, 6) is 0.629. The molecule has 17 heavy (non-hydrogen) atoms. The van der Waals surface area contributed by atoms with Crippen molar-refractivity contribution in [3.63, 3.8) is 0 Å². The van der Waals surface area contributed by atoms with Gasteiger partial charge in [-0.1, -0.05) is 0 Å². The third kappa shape index (κ3) is 3.53. The van der Waals surface area contributed by atoms with Gasteiger partial charge in [-0.25, -0.2) is 0 Å². The Morgan fingerprint density at radius 2 is 2.18 bits per heavy atom. The summed E-state index contributed by atoms with van der Waals surface area (Å²) >= 11 is 4.89. The van der Waals surface area contributed by atoms with E-state index in [1.807, 2.05) is 11.4 Å². The van der Waals surface area contributed by atoms with E-state index in [-0.39, 0.29) is 18.4 Å². The number of nitrogens with one attached hydrogen (secondary N) is 1. The second-order valence-corrected chi connectivity index (χ2v) is 6.35. The Labute approximate surface area is 113 Å². The molecule has 0 aromatic carbocycles. The normalized spacial score (nSPS) is 24.6. The number of aliphatic hydroxyl groups excluding tert-OH is 1. The van der Waals surface area contributed by atoms with E-state index in [4.69, 9.17) is 5.11 Å². The van der Waals surface area contributed by atoms with Crippen molar-refractivity contribution in [3.05, 3.63) is 15.9 Å². The van der Waals surface area contributed by atoms with E-state index >= 15 is 0 Å². The summed E-state index contributed by atoms with van der Waals surface area (Å²) in [6, 6.07) is 1.92. The third-order valence-electron chi connectivity index (χ3n) is 3.29. The van der Waals surface area contributed by atoms with Gasteiger partial charge in [0.25, 0.3) is 0 Å². The molecular weight excluding hydrogens is 302 g/mol. The zero-order valence-corrected chi connectivity index (χ0v) is 11.9. The Morgan fingerprint density at radius 1 is 1.47 bits per heavy atom. The van der Waals surface area contributed by atoms with Gasteiger partial charge in [0.2, 0.25) is 5.91 Å². The molecule has 1 amide bonds. The third-order valence-corrected chi connectivity index (χ3v) is 4.90. The standard InChI is InChI=1S/C12H16BrNO2S/c13-10-5-11(17-7-10)14-12(16)9-3-1-8(6-15)2-4-9/h5,7-9,15H,1-4,6H2,(H,14,16). The van der Waals surface area contributed by atoms with Crippen LogP contribution >= 0.6 is 27.3 Å². The average molecular weight is 318 g/mol. The number of carbonyl (C=O) groups is 1. The quantitative estimate of drug-likeness (QED) is 0.899. The minimum atomic E-state index is 0.110. The van der Waals surface area contributed by atoms with Gasteiger partial charge in [0, 0.05) is 22.4 Å². The maximum atomic E-state index is 12.0. The van der Waals surface area contributed by atoms with Crippen LogP contribution in [0.15, 0.2) is 15.9 Å². The molecule has 0 bridgehead atoms. The number of thiophene rings is 1. The molecule has 3 nitrogen and oxygen atoms in total. The molecule has 94 valence electrons. The monoisotopic (exact) mass is 317 g/mol. The van der Waals surface area contributed by atoms with Crippen molar-refractivity contribution in [2.75, 3.05) is 11.9 Å². The SMILES string of the molecule is O=C(Nc1cc(Br)cs1)C1CCC(CO)CC1. The minimum absolute atomic E-state index is 0.110. The maximum absolute atomic E-state index is 12.0. The molecule has 2 N–H and O–H groups in total. The van der Waals surface area contributed by atoms with Gasteiger partial charge in [-0.15, -0.1) is 11.3 Å². The lowest BCUT2D eigenvalue weighted by Crippen LogP contribution is -2.27. The molecule has 1 aromatic rings. The van der Waals surface area contributed by atoms with Crippen LogP contribution in [0.1, 0.15) is 25.7 Å². The molecule has 0 unspecified atom stereocenters. The summed E-state index contributed by atoms with van der Waals surface area (Å²) in [5.41, 5.74) is 0. The van der Waals surface area contributed by atoms with Gasteiger partial charge in [0.15, 0.2) is 0 Å². The number of rotatable bonds is 3. The predicted octanol–water partition coefficient (Wildman–Crippen LogP) is 3.25. The molecular formula is C12H16BrNO2S. The van der Waals surface area contributed by atoms with Crippen molar-refractivity contribution in [3.8, 4) is 0 Å². The summed E-state index contributed by atoms with van der Waals surface area (Å²) < 4.78 is 1.00. The predicted molar refractivity (Wildman–Crippen MR) is 73.2 cm³/mol. The number of hydrogen-bond acceptors (Lipinski definition) is 3. The molecule has 1 heterocycles. The van der Waals surface area contributed by atoms with Gasteiger partial charge in [-0.3, -0.25) is 4.79 Å². The second-order valence-electron chi connectivity index (χ2n) is 4.52. The van der Waals surface area contributed by atoms with Crippen molar-refractivity contribution < 1.29 is 9.90 Å². The highest BCUT2D eigenvalue weighted by Gasteiger charge is 2.26. The molecule has 0 atom stereocenters. The molecule has 2 rings (SSSR count). The van der Waals surface area contributed by atoms with E-state index in [1.165, 1.54) is 11.3 Å². The Morgan fingerprint density at radius 3 is 2.71 bits per heavy atom.